The molecule has 210 valence electrons. The van der Waals surface area contributed by atoms with Gasteiger partial charge in [0, 0.05) is 46.5 Å². The van der Waals surface area contributed by atoms with Crippen molar-refractivity contribution in [3.8, 4) is 17.1 Å². The molecular formula is C30H28Cl2N6O3. The van der Waals surface area contributed by atoms with Crippen LogP contribution in [-0.2, 0) is 10.3 Å². The highest BCUT2D eigenvalue weighted by Gasteiger charge is 2.64. The molecule has 1 atom stereocenters. The summed E-state index contributed by atoms with van der Waals surface area (Å²) in [5, 5.41) is 3.77. The fourth-order valence-electron chi connectivity index (χ4n) is 5.83. The highest BCUT2D eigenvalue weighted by atomic mass is 35.5. The SMILES string of the molecule is COc1cc(C(C)C)ncc1-c1nc2c(n1C(C)C)[C@@]1(C(=O)Nc3cc(Cl)ccc31)N(c1cc(Cl)cnc1C)C2=O. The van der Waals surface area contributed by atoms with Crippen LogP contribution in [0, 0.1) is 6.92 Å². The number of benzene rings is 1. The number of nitrogens with one attached hydrogen (secondary N) is 1. The molecule has 2 aliphatic rings. The number of imidazole rings is 1. The van der Waals surface area contributed by atoms with Gasteiger partial charge in [-0.05, 0) is 44.9 Å². The molecule has 0 fully saturated rings. The van der Waals surface area contributed by atoms with E-state index in [-0.39, 0.29) is 17.7 Å². The smallest absolute Gasteiger partial charge is 0.280 e. The Morgan fingerprint density at radius 1 is 1.00 bits per heavy atom. The second-order valence-corrected chi connectivity index (χ2v) is 11.7. The number of ether oxygens (including phenoxy) is 1. The van der Waals surface area contributed by atoms with Gasteiger partial charge in [-0.15, -0.1) is 0 Å². The number of halogens is 2. The van der Waals surface area contributed by atoms with Gasteiger partial charge in [0.1, 0.15) is 11.6 Å². The average molecular weight is 591 g/mol. The standard InChI is InChI=1S/C30H28Cl2N6O3/c1-14(2)21-11-24(41-6)19(13-34-21)27-36-25-26(37(27)15(3)4)30(20-8-7-17(31)9-22(20)35-29(30)40)38(28(25)39)23-10-18(32)12-33-16(23)5/h7-15H,1-6H3,(H,35,40)/t30-/m0/s1. The molecule has 1 spiro atoms. The van der Waals surface area contributed by atoms with Crippen molar-refractivity contribution in [3.63, 3.8) is 0 Å². The summed E-state index contributed by atoms with van der Waals surface area (Å²) in [7, 11) is 1.59. The quantitative estimate of drug-likeness (QED) is 0.283. The van der Waals surface area contributed by atoms with Crippen LogP contribution in [0.25, 0.3) is 11.4 Å². The number of fused-ring (bicyclic) bond motifs is 4. The first-order valence-electron chi connectivity index (χ1n) is 13.3. The molecule has 0 saturated carbocycles. The van der Waals surface area contributed by atoms with Crippen LogP contribution in [0.3, 0.4) is 0 Å². The van der Waals surface area contributed by atoms with Gasteiger partial charge in [0.05, 0.1) is 34.8 Å². The fourth-order valence-corrected chi connectivity index (χ4v) is 6.15. The Balaban J connectivity index is 1.72. The maximum absolute atomic E-state index is 14.5. The molecule has 2 aliphatic heterocycles. The Hall–Kier alpha value is -3.95. The number of carbonyl (C=O) groups is 2. The predicted octanol–water partition coefficient (Wildman–Crippen LogP) is 6.52. The van der Waals surface area contributed by atoms with Gasteiger partial charge in [0.2, 0.25) is 0 Å². The summed E-state index contributed by atoms with van der Waals surface area (Å²) in [4.78, 5) is 44.2. The number of methoxy groups -OCH3 is 1. The van der Waals surface area contributed by atoms with E-state index in [1.807, 2.05) is 24.5 Å². The first-order valence-corrected chi connectivity index (χ1v) is 14.0. The minimum atomic E-state index is -1.60. The van der Waals surface area contributed by atoms with Crippen LogP contribution in [0.4, 0.5) is 11.4 Å². The number of pyridine rings is 2. The van der Waals surface area contributed by atoms with Crippen LogP contribution in [0.2, 0.25) is 10.0 Å². The molecule has 1 N–H and O–H groups in total. The predicted molar refractivity (Wildman–Crippen MR) is 158 cm³/mol. The summed E-state index contributed by atoms with van der Waals surface area (Å²) >= 11 is 12.7. The van der Waals surface area contributed by atoms with Gasteiger partial charge in [0.15, 0.2) is 11.2 Å². The molecule has 6 rings (SSSR count). The lowest BCUT2D eigenvalue weighted by Gasteiger charge is -2.36. The third-order valence-corrected chi connectivity index (χ3v) is 8.11. The molecule has 4 aromatic rings. The van der Waals surface area contributed by atoms with E-state index in [4.69, 9.17) is 32.9 Å². The largest absolute Gasteiger partial charge is 0.496 e. The summed E-state index contributed by atoms with van der Waals surface area (Å²) < 4.78 is 7.70. The van der Waals surface area contributed by atoms with Gasteiger partial charge in [-0.3, -0.25) is 24.5 Å². The van der Waals surface area contributed by atoms with Gasteiger partial charge >= 0.3 is 0 Å². The summed E-state index contributed by atoms with van der Waals surface area (Å²) in [5.41, 5.74) is 2.52. The monoisotopic (exact) mass is 590 g/mol. The van der Waals surface area contributed by atoms with Crippen molar-refractivity contribution in [1.82, 2.24) is 19.5 Å². The summed E-state index contributed by atoms with van der Waals surface area (Å²) in [6.45, 7) is 9.84. The molecule has 0 unspecified atom stereocenters. The molecule has 11 heteroatoms. The summed E-state index contributed by atoms with van der Waals surface area (Å²) in [6, 6.07) is 8.49. The summed E-state index contributed by atoms with van der Waals surface area (Å²) in [5.74, 6) is 0.386. The third-order valence-electron chi connectivity index (χ3n) is 7.67. The second-order valence-electron chi connectivity index (χ2n) is 10.8. The number of nitrogens with zero attached hydrogens (tertiary/aromatic N) is 5. The highest BCUT2D eigenvalue weighted by Crippen LogP contribution is 2.55. The number of hydrogen-bond donors (Lipinski definition) is 1. The second kappa shape index (κ2) is 9.56. The van der Waals surface area contributed by atoms with E-state index in [0.29, 0.717) is 55.5 Å². The molecule has 0 aliphatic carbocycles. The number of amides is 2. The van der Waals surface area contributed by atoms with Crippen molar-refractivity contribution in [1.29, 1.82) is 0 Å². The normalized spacial score (nSPS) is 17.6. The highest BCUT2D eigenvalue weighted by molar-refractivity contribution is 6.32. The lowest BCUT2D eigenvalue weighted by molar-refractivity contribution is -0.119. The lowest BCUT2D eigenvalue weighted by atomic mass is 9.87. The first kappa shape index (κ1) is 27.2. The van der Waals surface area contributed by atoms with Crippen molar-refractivity contribution >= 4 is 46.4 Å². The van der Waals surface area contributed by atoms with Crippen LogP contribution in [0.5, 0.6) is 5.75 Å². The third kappa shape index (κ3) is 3.79. The zero-order valence-corrected chi connectivity index (χ0v) is 24.9. The molecule has 0 radical (unpaired) electrons. The number of carbonyl (C=O) groups excluding carboxylic acids is 2. The van der Waals surface area contributed by atoms with Crippen LogP contribution < -0.4 is 15.0 Å². The first-order chi connectivity index (χ1) is 19.5. The molecule has 2 amide bonds. The van der Waals surface area contributed by atoms with E-state index in [1.54, 1.807) is 44.5 Å². The van der Waals surface area contributed by atoms with E-state index < -0.39 is 17.4 Å². The van der Waals surface area contributed by atoms with Crippen LogP contribution in [-0.4, -0.2) is 38.4 Å². The molecule has 9 nitrogen and oxygen atoms in total. The van der Waals surface area contributed by atoms with Gasteiger partial charge in [-0.2, -0.15) is 0 Å². The summed E-state index contributed by atoms with van der Waals surface area (Å²) in [6.07, 6.45) is 3.22. The minimum absolute atomic E-state index is 0.154. The van der Waals surface area contributed by atoms with E-state index in [0.717, 1.165) is 5.69 Å². The molecule has 1 aromatic carbocycles. The zero-order valence-electron chi connectivity index (χ0n) is 23.4. The Bertz CT molecular complexity index is 1770. The van der Waals surface area contributed by atoms with Gasteiger partial charge < -0.3 is 14.6 Å². The van der Waals surface area contributed by atoms with Gasteiger partial charge in [-0.25, -0.2) is 4.98 Å². The van der Waals surface area contributed by atoms with Crippen LogP contribution in [0.15, 0.2) is 42.7 Å². The molecular weight excluding hydrogens is 563 g/mol. The van der Waals surface area contributed by atoms with Crippen molar-refractivity contribution in [2.75, 3.05) is 17.3 Å². The molecule has 3 aromatic heterocycles. The Labute approximate surface area is 247 Å². The average Bonchev–Trinajstić information content (AvgIpc) is 3.53. The fraction of sp³-hybridized carbons (Fsp3) is 0.300. The zero-order chi connectivity index (χ0) is 29.4. The van der Waals surface area contributed by atoms with Crippen molar-refractivity contribution < 1.29 is 14.3 Å². The van der Waals surface area contributed by atoms with Gasteiger partial charge in [0.25, 0.3) is 11.8 Å². The van der Waals surface area contributed by atoms with Crippen molar-refractivity contribution in [2.24, 2.45) is 0 Å². The number of hydrogen-bond acceptors (Lipinski definition) is 6. The number of anilines is 2. The number of aryl methyl sites for hydroxylation is 1. The van der Waals surface area contributed by atoms with E-state index >= 15 is 0 Å². The molecule has 0 bridgehead atoms. The van der Waals surface area contributed by atoms with Crippen molar-refractivity contribution in [3.05, 3.63) is 81.1 Å². The minimum Gasteiger partial charge on any atom is -0.496 e. The number of aromatic nitrogens is 4. The molecule has 41 heavy (non-hydrogen) atoms. The maximum atomic E-state index is 14.5. The lowest BCUT2D eigenvalue weighted by Crippen LogP contribution is -2.51. The molecule has 5 heterocycles. The van der Waals surface area contributed by atoms with Crippen LogP contribution in [0.1, 0.15) is 72.8 Å². The molecule has 0 saturated heterocycles. The van der Waals surface area contributed by atoms with Crippen molar-refractivity contribution in [2.45, 2.75) is 52.1 Å². The van der Waals surface area contributed by atoms with E-state index in [9.17, 15) is 9.59 Å². The van der Waals surface area contributed by atoms with E-state index in [1.165, 1.54) is 11.1 Å². The Morgan fingerprint density at radius 2 is 1.76 bits per heavy atom. The van der Waals surface area contributed by atoms with Crippen LogP contribution >= 0.6 is 23.2 Å². The number of rotatable bonds is 5. The topological polar surface area (TPSA) is 102 Å². The maximum Gasteiger partial charge on any atom is 0.280 e. The Morgan fingerprint density at radius 3 is 2.44 bits per heavy atom. The van der Waals surface area contributed by atoms with E-state index in [2.05, 4.69) is 29.1 Å². The van der Waals surface area contributed by atoms with Gasteiger partial charge in [-0.1, -0.05) is 43.1 Å². The Kier molecular flexibility index (Phi) is 6.35.